The zero-order valence-electron chi connectivity index (χ0n) is 13.6. The van der Waals surface area contributed by atoms with Gasteiger partial charge in [-0.25, -0.2) is 4.98 Å². The molecule has 0 saturated carbocycles. The normalized spacial score (nSPS) is 15.9. The van der Waals surface area contributed by atoms with E-state index < -0.39 is 0 Å². The van der Waals surface area contributed by atoms with E-state index in [0.29, 0.717) is 18.8 Å². The van der Waals surface area contributed by atoms with Crippen LogP contribution in [0.25, 0.3) is 11.0 Å². The number of para-hydroxylation sites is 2. The summed E-state index contributed by atoms with van der Waals surface area (Å²) in [6.45, 7) is 1.62. The van der Waals surface area contributed by atoms with Gasteiger partial charge in [0.15, 0.2) is 0 Å². The van der Waals surface area contributed by atoms with Crippen molar-refractivity contribution in [3.05, 3.63) is 54.2 Å². The second kappa shape index (κ2) is 6.51. The number of hydrogen-bond donors (Lipinski definition) is 1. The second-order valence-electron chi connectivity index (χ2n) is 6.37. The van der Waals surface area contributed by atoms with Gasteiger partial charge in [0, 0.05) is 31.8 Å². The quantitative estimate of drug-likeness (QED) is 0.799. The third kappa shape index (κ3) is 3.07. The summed E-state index contributed by atoms with van der Waals surface area (Å²) in [6.07, 6.45) is 4.84. The average Bonchev–Trinajstić information content (AvgIpc) is 3.29. The third-order valence-electron chi connectivity index (χ3n) is 4.81. The number of amides is 1. The minimum atomic E-state index is 0.216. The molecule has 5 nitrogen and oxygen atoms in total. The van der Waals surface area contributed by atoms with Crippen molar-refractivity contribution in [2.45, 2.75) is 31.6 Å². The summed E-state index contributed by atoms with van der Waals surface area (Å²) < 4.78 is 5.49. The first-order valence-electron chi connectivity index (χ1n) is 8.54. The number of aromatic nitrogens is 2. The third-order valence-corrected chi connectivity index (χ3v) is 4.81. The zero-order valence-corrected chi connectivity index (χ0v) is 13.6. The molecule has 1 N–H and O–H groups in total. The first kappa shape index (κ1) is 15.0. The number of benzene rings is 1. The summed E-state index contributed by atoms with van der Waals surface area (Å²) in [6, 6.07) is 11.9. The molecule has 1 aromatic carbocycles. The van der Waals surface area contributed by atoms with E-state index >= 15 is 0 Å². The number of aromatic amines is 1. The number of imidazole rings is 1. The number of fused-ring (bicyclic) bond motifs is 1. The molecule has 1 amide bonds. The van der Waals surface area contributed by atoms with E-state index in [9.17, 15) is 4.79 Å². The molecular formula is C19H21N3O2. The van der Waals surface area contributed by atoms with Gasteiger partial charge in [-0.05, 0) is 37.1 Å². The predicted octanol–water partition coefficient (Wildman–Crippen LogP) is 3.49. The van der Waals surface area contributed by atoms with Crippen LogP contribution in [-0.4, -0.2) is 33.9 Å². The average molecular weight is 323 g/mol. The molecule has 24 heavy (non-hydrogen) atoms. The Kier molecular flexibility index (Phi) is 4.07. The van der Waals surface area contributed by atoms with Crippen LogP contribution in [0.3, 0.4) is 0 Å². The molecule has 0 bridgehead atoms. The Bertz CT molecular complexity index is 781. The Balaban J connectivity index is 1.30. The number of carbonyl (C=O) groups is 1. The lowest BCUT2D eigenvalue weighted by molar-refractivity contribution is -0.132. The van der Waals surface area contributed by atoms with Crippen molar-refractivity contribution in [1.82, 2.24) is 14.9 Å². The fourth-order valence-corrected chi connectivity index (χ4v) is 3.44. The number of likely N-dealkylation sites (tertiary alicyclic amines) is 1. The van der Waals surface area contributed by atoms with Crippen LogP contribution < -0.4 is 0 Å². The maximum Gasteiger partial charge on any atom is 0.223 e. The van der Waals surface area contributed by atoms with Crippen LogP contribution in [0.2, 0.25) is 0 Å². The van der Waals surface area contributed by atoms with Crippen molar-refractivity contribution in [3.8, 4) is 0 Å². The molecule has 1 aliphatic heterocycles. The molecule has 1 saturated heterocycles. The van der Waals surface area contributed by atoms with Crippen LogP contribution in [0, 0.1) is 0 Å². The molecule has 1 fully saturated rings. The van der Waals surface area contributed by atoms with Crippen LogP contribution in [0.15, 0.2) is 47.1 Å². The molecular weight excluding hydrogens is 302 g/mol. The minimum Gasteiger partial charge on any atom is -0.469 e. The van der Waals surface area contributed by atoms with Crippen molar-refractivity contribution < 1.29 is 9.21 Å². The monoisotopic (exact) mass is 323 g/mol. The van der Waals surface area contributed by atoms with Crippen molar-refractivity contribution in [2.24, 2.45) is 0 Å². The molecule has 4 rings (SSSR count). The summed E-state index contributed by atoms with van der Waals surface area (Å²) in [5.41, 5.74) is 1.98. The van der Waals surface area contributed by atoms with Gasteiger partial charge in [0.1, 0.15) is 11.6 Å². The van der Waals surface area contributed by atoms with Gasteiger partial charge in [0.05, 0.1) is 17.3 Å². The summed E-state index contributed by atoms with van der Waals surface area (Å²) in [7, 11) is 0. The van der Waals surface area contributed by atoms with E-state index in [4.69, 9.17) is 4.42 Å². The van der Waals surface area contributed by atoms with E-state index in [1.165, 1.54) is 0 Å². The molecule has 0 aliphatic carbocycles. The highest BCUT2D eigenvalue weighted by atomic mass is 16.3. The molecule has 5 heteroatoms. The Morgan fingerprint density at radius 3 is 2.79 bits per heavy atom. The van der Waals surface area contributed by atoms with Crippen LogP contribution in [0.1, 0.15) is 36.8 Å². The van der Waals surface area contributed by atoms with Gasteiger partial charge in [-0.1, -0.05) is 12.1 Å². The fourth-order valence-electron chi connectivity index (χ4n) is 3.44. The number of carbonyl (C=O) groups excluding carboxylic acids is 1. The van der Waals surface area contributed by atoms with E-state index in [1.807, 2.05) is 41.3 Å². The maximum absolute atomic E-state index is 12.4. The van der Waals surface area contributed by atoms with Gasteiger partial charge >= 0.3 is 0 Å². The molecule has 2 aromatic heterocycles. The number of nitrogens with one attached hydrogen (secondary N) is 1. The lowest BCUT2D eigenvalue weighted by atomic mass is 9.94. The van der Waals surface area contributed by atoms with Gasteiger partial charge in [-0.2, -0.15) is 0 Å². The number of H-pyrrole nitrogens is 1. The Hall–Kier alpha value is -2.56. The van der Waals surface area contributed by atoms with Crippen LogP contribution >= 0.6 is 0 Å². The first-order valence-corrected chi connectivity index (χ1v) is 8.54. The Morgan fingerprint density at radius 2 is 2.04 bits per heavy atom. The topological polar surface area (TPSA) is 62.1 Å². The molecule has 0 spiro atoms. The summed E-state index contributed by atoms with van der Waals surface area (Å²) >= 11 is 0. The summed E-state index contributed by atoms with van der Waals surface area (Å²) in [5, 5.41) is 0. The number of rotatable bonds is 4. The fraction of sp³-hybridized carbons (Fsp3) is 0.368. The molecule has 124 valence electrons. The van der Waals surface area contributed by atoms with E-state index in [-0.39, 0.29) is 5.91 Å². The second-order valence-corrected chi connectivity index (χ2v) is 6.37. The maximum atomic E-state index is 12.4. The highest BCUT2D eigenvalue weighted by molar-refractivity contribution is 5.77. The highest BCUT2D eigenvalue weighted by Gasteiger charge is 2.25. The number of aryl methyl sites for hydroxylation is 1. The smallest absolute Gasteiger partial charge is 0.223 e. The largest absolute Gasteiger partial charge is 0.469 e. The highest BCUT2D eigenvalue weighted by Crippen LogP contribution is 2.28. The van der Waals surface area contributed by atoms with Crippen LogP contribution in [0.5, 0.6) is 0 Å². The van der Waals surface area contributed by atoms with Crippen molar-refractivity contribution >= 4 is 16.9 Å². The molecule has 0 unspecified atom stereocenters. The minimum absolute atomic E-state index is 0.216. The standard InChI is InChI=1S/C19H21N3O2/c23-19(8-7-18-20-15-4-1-2-5-16(15)21-18)22-11-9-14(10-12-22)17-6-3-13-24-17/h1-6,13-14H,7-12H2,(H,20,21). The first-order chi connectivity index (χ1) is 11.8. The predicted molar refractivity (Wildman–Crippen MR) is 91.7 cm³/mol. The number of piperidine rings is 1. The van der Waals surface area contributed by atoms with Gasteiger partial charge in [-0.15, -0.1) is 0 Å². The lowest BCUT2D eigenvalue weighted by Crippen LogP contribution is -2.38. The molecule has 0 atom stereocenters. The van der Waals surface area contributed by atoms with E-state index in [1.54, 1.807) is 6.26 Å². The van der Waals surface area contributed by atoms with Gasteiger partial charge < -0.3 is 14.3 Å². The van der Waals surface area contributed by atoms with Crippen molar-refractivity contribution in [3.63, 3.8) is 0 Å². The molecule has 0 radical (unpaired) electrons. The van der Waals surface area contributed by atoms with Gasteiger partial charge in [-0.3, -0.25) is 4.79 Å². The molecule has 1 aliphatic rings. The summed E-state index contributed by atoms with van der Waals surface area (Å²) in [4.78, 5) is 22.2. The SMILES string of the molecule is O=C(CCc1nc2ccccc2[nH]1)N1CCC(c2ccco2)CC1. The van der Waals surface area contributed by atoms with Gasteiger partial charge in [0.2, 0.25) is 5.91 Å². The van der Waals surface area contributed by atoms with Crippen molar-refractivity contribution in [2.75, 3.05) is 13.1 Å². The van der Waals surface area contributed by atoms with Crippen LogP contribution in [-0.2, 0) is 11.2 Å². The molecule has 3 aromatic rings. The number of hydrogen-bond acceptors (Lipinski definition) is 3. The summed E-state index contributed by atoms with van der Waals surface area (Å²) in [5.74, 6) is 2.59. The number of nitrogens with zero attached hydrogens (tertiary/aromatic N) is 2. The zero-order chi connectivity index (χ0) is 16.4. The lowest BCUT2D eigenvalue weighted by Gasteiger charge is -2.31. The van der Waals surface area contributed by atoms with E-state index in [2.05, 4.69) is 9.97 Å². The van der Waals surface area contributed by atoms with Crippen molar-refractivity contribution in [1.29, 1.82) is 0 Å². The van der Waals surface area contributed by atoms with Gasteiger partial charge in [0.25, 0.3) is 0 Å². The Morgan fingerprint density at radius 1 is 1.21 bits per heavy atom. The van der Waals surface area contributed by atoms with E-state index in [0.717, 1.165) is 48.5 Å². The molecule has 3 heterocycles. The van der Waals surface area contributed by atoms with Crippen LogP contribution in [0.4, 0.5) is 0 Å². The number of furan rings is 1. The Labute approximate surface area is 140 Å².